The molecule has 5 N–H and O–H groups in total. The molecule has 39 heavy (non-hydrogen) atoms. The number of carbonyl (C=O) groups is 3. The van der Waals surface area contributed by atoms with Crippen LogP contribution in [0.5, 0.6) is 0 Å². The lowest BCUT2D eigenvalue weighted by molar-refractivity contribution is -0.193. The van der Waals surface area contributed by atoms with Gasteiger partial charge in [0.1, 0.15) is 5.82 Å². The molecule has 9 nitrogen and oxygen atoms in total. The van der Waals surface area contributed by atoms with E-state index in [1.54, 1.807) is 12.3 Å². The maximum atomic E-state index is 13.4. The van der Waals surface area contributed by atoms with Gasteiger partial charge in [-0.2, -0.15) is 31.4 Å². The number of nitrogens with zero attached hydrogens (tertiary/aromatic N) is 1. The van der Waals surface area contributed by atoms with E-state index in [2.05, 4.69) is 20.8 Å². The zero-order chi connectivity index (χ0) is 29.4. The van der Waals surface area contributed by atoms with Crippen LogP contribution in [0.1, 0.15) is 11.1 Å². The average Bonchev–Trinajstić information content (AvgIpc) is 3.38. The number of rotatable bonds is 3. The van der Waals surface area contributed by atoms with Crippen molar-refractivity contribution in [1.29, 1.82) is 0 Å². The van der Waals surface area contributed by atoms with Crippen molar-refractivity contribution in [3.8, 4) is 11.1 Å². The van der Waals surface area contributed by atoms with Crippen LogP contribution in [0.4, 0.5) is 36.4 Å². The van der Waals surface area contributed by atoms with Crippen LogP contribution >= 0.6 is 0 Å². The number of fused-ring (bicyclic) bond motifs is 1. The summed E-state index contributed by atoms with van der Waals surface area (Å²) in [6.45, 7) is 0.563. The molecule has 0 aliphatic carbocycles. The topological polar surface area (TPSA) is 144 Å². The fraction of sp³-hybridized carbons (Fsp3) is 0.217. The Labute approximate surface area is 214 Å². The normalized spacial score (nSPS) is 14.5. The van der Waals surface area contributed by atoms with Crippen LogP contribution in [0, 0.1) is 5.82 Å². The molecule has 0 saturated carbocycles. The smallest absolute Gasteiger partial charge is 0.475 e. The van der Waals surface area contributed by atoms with Gasteiger partial charge in [0.2, 0.25) is 5.91 Å². The van der Waals surface area contributed by atoms with Gasteiger partial charge in [-0.15, -0.1) is 0 Å². The molecule has 0 unspecified atom stereocenters. The molecule has 210 valence electrons. The van der Waals surface area contributed by atoms with Crippen LogP contribution in [0.15, 0.2) is 54.9 Å². The van der Waals surface area contributed by atoms with Gasteiger partial charge < -0.3 is 20.8 Å². The first-order valence-corrected chi connectivity index (χ1v) is 10.6. The standard InChI is InChI=1S/C19H17FN4O.2C2HF3O2/c20-16-4-1-13-9-21-18(8-14(13)7-16)19(25)24-17-5-2-12(3-6-17)15-10-22-23-11-15;2*3-2(4,5)1(6)7/h1-7,10-11,18,21H,8-9H2,(H,22,23)(H,24,25);2*(H,6,7)/t18-;;/m1../s1. The molecular weight excluding hydrogens is 545 g/mol. The number of benzene rings is 2. The lowest BCUT2D eigenvalue weighted by atomic mass is 9.95. The second kappa shape index (κ2) is 12.9. The number of aliphatic carboxylic acids is 2. The maximum Gasteiger partial charge on any atom is 0.490 e. The molecule has 0 radical (unpaired) electrons. The summed E-state index contributed by atoms with van der Waals surface area (Å²) in [5, 5.41) is 27.1. The van der Waals surface area contributed by atoms with Gasteiger partial charge in [-0.1, -0.05) is 18.2 Å². The number of carboxylic acids is 2. The molecule has 3 aromatic rings. The number of anilines is 1. The molecule has 0 spiro atoms. The van der Waals surface area contributed by atoms with E-state index >= 15 is 0 Å². The quantitative estimate of drug-likeness (QED) is 0.301. The Morgan fingerprint density at radius 3 is 1.92 bits per heavy atom. The van der Waals surface area contributed by atoms with Crippen molar-refractivity contribution in [3.63, 3.8) is 0 Å². The van der Waals surface area contributed by atoms with Crippen LogP contribution in [-0.2, 0) is 27.3 Å². The molecule has 1 atom stereocenters. The average molecular weight is 564 g/mol. The molecule has 4 rings (SSSR count). The number of aromatic amines is 1. The minimum absolute atomic E-state index is 0.119. The van der Waals surface area contributed by atoms with Crippen LogP contribution in [0.25, 0.3) is 11.1 Å². The predicted molar refractivity (Wildman–Crippen MR) is 121 cm³/mol. The highest BCUT2D eigenvalue weighted by molar-refractivity contribution is 5.95. The van der Waals surface area contributed by atoms with Gasteiger partial charge >= 0.3 is 24.3 Å². The maximum absolute atomic E-state index is 13.4. The van der Waals surface area contributed by atoms with Crippen LogP contribution in [0.2, 0.25) is 0 Å². The summed E-state index contributed by atoms with van der Waals surface area (Å²) in [7, 11) is 0. The van der Waals surface area contributed by atoms with Gasteiger partial charge in [0.15, 0.2) is 0 Å². The van der Waals surface area contributed by atoms with E-state index in [-0.39, 0.29) is 17.8 Å². The molecule has 2 aromatic carbocycles. The third kappa shape index (κ3) is 9.73. The van der Waals surface area contributed by atoms with Crippen molar-refractivity contribution in [3.05, 3.63) is 71.8 Å². The van der Waals surface area contributed by atoms with E-state index in [1.807, 2.05) is 30.5 Å². The highest BCUT2D eigenvalue weighted by Crippen LogP contribution is 2.22. The number of carboxylic acid groups (broad SMARTS) is 2. The zero-order valence-corrected chi connectivity index (χ0v) is 19.4. The number of amides is 1. The van der Waals surface area contributed by atoms with Crippen molar-refractivity contribution in [2.24, 2.45) is 0 Å². The number of hydrogen-bond acceptors (Lipinski definition) is 5. The first-order valence-electron chi connectivity index (χ1n) is 10.6. The molecule has 1 aromatic heterocycles. The summed E-state index contributed by atoms with van der Waals surface area (Å²) in [5.41, 5.74) is 4.66. The van der Waals surface area contributed by atoms with Crippen LogP contribution in [0.3, 0.4) is 0 Å². The summed E-state index contributed by atoms with van der Waals surface area (Å²) in [5.74, 6) is -5.90. The number of halogens is 7. The van der Waals surface area contributed by atoms with Crippen molar-refractivity contribution in [2.45, 2.75) is 31.4 Å². The van der Waals surface area contributed by atoms with Crippen molar-refractivity contribution >= 4 is 23.5 Å². The summed E-state index contributed by atoms with van der Waals surface area (Å²) >= 11 is 0. The highest BCUT2D eigenvalue weighted by atomic mass is 19.4. The molecular formula is C23H19F7N4O5. The number of hydrogen-bond donors (Lipinski definition) is 5. The summed E-state index contributed by atoms with van der Waals surface area (Å²) in [6.07, 6.45) is -6.13. The number of alkyl halides is 6. The first kappa shape index (κ1) is 30.8. The molecule has 0 saturated heterocycles. The predicted octanol–water partition coefficient (Wildman–Crippen LogP) is 4.14. The Bertz CT molecular complexity index is 1250. The molecule has 0 bridgehead atoms. The van der Waals surface area contributed by atoms with Gasteiger partial charge in [-0.05, 0) is 47.4 Å². The molecule has 16 heteroatoms. The molecule has 1 aliphatic heterocycles. The molecule has 1 aliphatic rings. The SMILES string of the molecule is O=C(Nc1ccc(-c2cn[nH]c2)cc1)[C@H]1Cc2cc(F)ccc2CN1.O=C(O)C(F)(F)F.O=C(O)C(F)(F)F. The molecule has 0 fully saturated rings. The fourth-order valence-corrected chi connectivity index (χ4v) is 3.05. The Morgan fingerprint density at radius 1 is 0.872 bits per heavy atom. The number of nitrogens with one attached hydrogen (secondary N) is 3. The summed E-state index contributed by atoms with van der Waals surface area (Å²) in [4.78, 5) is 30.3. The zero-order valence-electron chi connectivity index (χ0n) is 19.4. The van der Waals surface area contributed by atoms with E-state index in [0.717, 1.165) is 27.9 Å². The van der Waals surface area contributed by atoms with Gasteiger partial charge in [0.05, 0.1) is 12.2 Å². The van der Waals surface area contributed by atoms with Crippen LogP contribution < -0.4 is 10.6 Å². The van der Waals surface area contributed by atoms with Gasteiger partial charge in [-0.3, -0.25) is 9.89 Å². The minimum Gasteiger partial charge on any atom is -0.475 e. The molecule has 1 amide bonds. The number of carbonyl (C=O) groups excluding carboxylic acids is 1. The van der Waals surface area contributed by atoms with Crippen molar-refractivity contribution < 1.29 is 55.3 Å². The van der Waals surface area contributed by atoms with E-state index in [4.69, 9.17) is 19.8 Å². The second-order valence-corrected chi connectivity index (χ2v) is 7.71. The van der Waals surface area contributed by atoms with Gasteiger partial charge in [-0.25, -0.2) is 14.0 Å². The Morgan fingerprint density at radius 2 is 1.44 bits per heavy atom. The van der Waals surface area contributed by atoms with E-state index in [9.17, 15) is 35.5 Å². The Kier molecular flexibility index (Phi) is 10.1. The summed E-state index contributed by atoms with van der Waals surface area (Å²) < 4.78 is 76.9. The molecule has 2 heterocycles. The van der Waals surface area contributed by atoms with Gasteiger partial charge in [0.25, 0.3) is 0 Å². The minimum atomic E-state index is -5.08. The number of H-pyrrole nitrogens is 1. The third-order valence-corrected chi connectivity index (χ3v) is 4.92. The monoisotopic (exact) mass is 564 g/mol. The Balaban J connectivity index is 0.000000317. The lowest BCUT2D eigenvalue weighted by Gasteiger charge is -2.25. The highest BCUT2D eigenvalue weighted by Gasteiger charge is 2.38. The van der Waals surface area contributed by atoms with Crippen molar-refractivity contribution in [2.75, 3.05) is 5.32 Å². The Hall–Kier alpha value is -4.47. The van der Waals surface area contributed by atoms with E-state index in [1.165, 1.54) is 12.1 Å². The lowest BCUT2D eigenvalue weighted by Crippen LogP contribution is -2.44. The van der Waals surface area contributed by atoms with Gasteiger partial charge in [0, 0.05) is 24.0 Å². The van der Waals surface area contributed by atoms with Crippen LogP contribution in [-0.4, -0.2) is 56.7 Å². The van der Waals surface area contributed by atoms with E-state index < -0.39 is 24.3 Å². The number of aromatic nitrogens is 2. The first-order chi connectivity index (χ1) is 18.1. The fourth-order valence-electron chi connectivity index (χ4n) is 3.05. The van der Waals surface area contributed by atoms with E-state index in [0.29, 0.717) is 13.0 Å². The third-order valence-electron chi connectivity index (χ3n) is 4.92. The largest absolute Gasteiger partial charge is 0.490 e. The summed E-state index contributed by atoms with van der Waals surface area (Å²) in [6, 6.07) is 11.9. The van der Waals surface area contributed by atoms with Crippen molar-refractivity contribution in [1.82, 2.24) is 15.5 Å². The second-order valence-electron chi connectivity index (χ2n) is 7.71.